The Morgan fingerprint density at radius 3 is 2.43 bits per heavy atom. The van der Waals surface area contributed by atoms with E-state index in [0.717, 1.165) is 42.5 Å². The summed E-state index contributed by atoms with van der Waals surface area (Å²) in [4.78, 5) is 33.2. The summed E-state index contributed by atoms with van der Waals surface area (Å²) >= 11 is 0. The molecule has 3 rings (SSSR count). The van der Waals surface area contributed by atoms with Crippen LogP contribution in [0.3, 0.4) is 0 Å². The summed E-state index contributed by atoms with van der Waals surface area (Å²) in [7, 11) is 1.71. The standard InChI is InChI=1S/C29H39N3O3/c1-5-6-7-11-18-25(33)23(19-20(2)3)28(34)31-27-29(35)32(4)24-17-13-12-16-22(24)26(30-27)21-14-9-8-10-15-21/h8-10,12-17,20,23,25,27,33H,5-7,11,18-19H2,1-4H3,(H,31,34). The lowest BCUT2D eigenvalue weighted by molar-refractivity contribution is -0.133. The van der Waals surface area contributed by atoms with Gasteiger partial charge in [0.25, 0.3) is 5.91 Å². The number of benzodiazepines with no additional fused rings is 1. The van der Waals surface area contributed by atoms with Gasteiger partial charge in [-0.2, -0.15) is 0 Å². The molecule has 2 aromatic rings. The van der Waals surface area contributed by atoms with Crippen molar-refractivity contribution in [2.45, 2.75) is 71.6 Å². The number of hydrogen-bond acceptors (Lipinski definition) is 4. The van der Waals surface area contributed by atoms with Crippen LogP contribution >= 0.6 is 0 Å². The lowest BCUT2D eigenvalue weighted by Gasteiger charge is -2.26. The van der Waals surface area contributed by atoms with E-state index >= 15 is 0 Å². The lowest BCUT2D eigenvalue weighted by Crippen LogP contribution is -2.49. The summed E-state index contributed by atoms with van der Waals surface area (Å²) in [5, 5.41) is 13.8. The van der Waals surface area contributed by atoms with Gasteiger partial charge in [-0.25, -0.2) is 4.99 Å². The van der Waals surface area contributed by atoms with Gasteiger partial charge >= 0.3 is 0 Å². The molecule has 0 aliphatic carbocycles. The van der Waals surface area contributed by atoms with Crippen molar-refractivity contribution >= 4 is 23.2 Å². The van der Waals surface area contributed by atoms with Crippen LogP contribution in [0.5, 0.6) is 0 Å². The Balaban J connectivity index is 1.90. The van der Waals surface area contributed by atoms with E-state index in [0.29, 0.717) is 18.6 Å². The van der Waals surface area contributed by atoms with Crippen molar-refractivity contribution in [3.05, 3.63) is 65.7 Å². The van der Waals surface area contributed by atoms with Crippen molar-refractivity contribution in [3.63, 3.8) is 0 Å². The minimum atomic E-state index is -1.07. The lowest BCUT2D eigenvalue weighted by atomic mass is 9.88. The highest BCUT2D eigenvalue weighted by Gasteiger charge is 2.34. The number of anilines is 1. The van der Waals surface area contributed by atoms with Crippen LogP contribution < -0.4 is 10.2 Å². The quantitative estimate of drug-likeness (QED) is 0.450. The number of aliphatic hydroxyl groups is 1. The van der Waals surface area contributed by atoms with E-state index in [1.54, 1.807) is 11.9 Å². The van der Waals surface area contributed by atoms with Crippen molar-refractivity contribution in [2.75, 3.05) is 11.9 Å². The zero-order valence-electron chi connectivity index (χ0n) is 21.4. The number of fused-ring (bicyclic) bond motifs is 1. The fourth-order valence-electron chi connectivity index (χ4n) is 4.61. The van der Waals surface area contributed by atoms with Gasteiger partial charge in [-0.1, -0.05) is 95.0 Å². The number of benzene rings is 2. The van der Waals surface area contributed by atoms with Gasteiger partial charge in [0.05, 0.1) is 23.4 Å². The number of likely N-dealkylation sites (N-methyl/N-ethyl adjacent to an activating group) is 1. The third kappa shape index (κ3) is 6.79. The second kappa shape index (κ2) is 12.6. The number of rotatable bonds is 11. The van der Waals surface area contributed by atoms with Gasteiger partial charge in [-0.3, -0.25) is 9.59 Å². The maximum Gasteiger partial charge on any atom is 0.272 e. The van der Waals surface area contributed by atoms with E-state index < -0.39 is 18.2 Å². The molecule has 0 saturated carbocycles. The average Bonchev–Trinajstić information content (AvgIpc) is 2.96. The molecule has 0 radical (unpaired) electrons. The highest BCUT2D eigenvalue weighted by atomic mass is 16.3. The summed E-state index contributed by atoms with van der Waals surface area (Å²) in [5.41, 5.74) is 3.11. The van der Waals surface area contributed by atoms with E-state index in [-0.39, 0.29) is 17.7 Å². The SMILES string of the molecule is CCCCCCC(O)C(CC(C)C)C(=O)NC1N=C(c2ccccc2)c2ccccc2N(C)C1=O. The molecule has 35 heavy (non-hydrogen) atoms. The van der Waals surface area contributed by atoms with Gasteiger partial charge in [0.2, 0.25) is 12.1 Å². The van der Waals surface area contributed by atoms with Gasteiger partial charge in [-0.15, -0.1) is 0 Å². The fraction of sp³-hybridized carbons (Fsp3) is 0.483. The fourth-order valence-corrected chi connectivity index (χ4v) is 4.61. The van der Waals surface area contributed by atoms with E-state index in [1.165, 1.54) is 0 Å². The van der Waals surface area contributed by atoms with Gasteiger partial charge in [0.1, 0.15) is 0 Å². The highest BCUT2D eigenvalue weighted by molar-refractivity contribution is 6.20. The van der Waals surface area contributed by atoms with Gasteiger partial charge in [0.15, 0.2) is 0 Å². The average molecular weight is 478 g/mol. The molecule has 1 heterocycles. The van der Waals surface area contributed by atoms with E-state index in [4.69, 9.17) is 4.99 Å². The number of amides is 2. The van der Waals surface area contributed by atoms with Crippen LogP contribution in [0.15, 0.2) is 59.6 Å². The van der Waals surface area contributed by atoms with Crippen molar-refractivity contribution in [1.29, 1.82) is 0 Å². The Morgan fingerprint density at radius 2 is 1.74 bits per heavy atom. The Bertz CT molecular complexity index is 1020. The van der Waals surface area contributed by atoms with Crippen molar-refractivity contribution < 1.29 is 14.7 Å². The summed E-state index contributed by atoms with van der Waals surface area (Å²) in [5.74, 6) is -0.986. The van der Waals surface area contributed by atoms with Crippen LogP contribution in [0, 0.1) is 11.8 Å². The van der Waals surface area contributed by atoms with Crippen LogP contribution in [0.25, 0.3) is 0 Å². The zero-order chi connectivity index (χ0) is 25.4. The monoisotopic (exact) mass is 477 g/mol. The number of unbranched alkanes of at least 4 members (excludes halogenated alkanes) is 3. The number of aliphatic hydroxyl groups excluding tert-OH is 1. The summed E-state index contributed by atoms with van der Waals surface area (Å²) in [6.07, 6.45) is 3.47. The molecule has 0 bridgehead atoms. The first-order chi connectivity index (χ1) is 16.8. The minimum absolute atomic E-state index is 0.233. The topological polar surface area (TPSA) is 82.0 Å². The number of carbonyl (C=O) groups excluding carboxylic acids is 2. The molecule has 0 saturated heterocycles. The maximum atomic E-state index is 13.4. The molecule has 1 aliphatic heterocycles. The molecule has 6 heteroatoms. The molecular weight excluding hydrogens is 438 g/mol. The number of nitrogens with one attached hydrogen (secondary N) is 1. The normalized spacial score (nSPS) is 17.4. The van der Waals surface area contributed by atoms with Crippen LogP contribution in [0.4, 0.5) is 5.69 Å². The molecule has 188 valence electrons. The van der Waals surface area contributed by atoms with Crippen LogP contribution in [-0.2, 0) is 9.59 Å². The molecule has 1 aliphatic rings. The second-order valence-electron chi connectivity index (χ2n) is 9.82. The third-order valence-corrected chi connectivity index (χ3v) is 6.55. The minimum Gasteiger partial charge on any atom is -0.392 e. The second-order valence-corrected chi connectivity index (χ2v) is 9.82. The molecule has 3 atom stereocenters. The molecule has 6 nitrogen and oxygen atoms in total. The number of para-hydroxylation sites is 1. The molecule has 3 unspecified atom stereocenters. The molecule has 0 aromatic heterocycles. The zero-order valence-corrected chi connectivity index (χ0v) is 21.4. The molecule has 2 N–H and O–H groups in total. The Kier molecular flexibility index (Phi) is 9.61. The van der Waals surface area contributed by atoms with Gasteiger partial charge in [-0.05, 0) is 24.8 Å². The molecule has 2 amide bonds. The van der Waals surface area contributed by atoms with Crippen molar-refractivity contribution in [1.82, 2.24) is 5.32 Å². The van der Waals surface area contributed by atoms with Crippen LogP contribution in [-0.4, -0.2) is 41.9 Å². The first kappa shape index (κ1) is 26.6. The van der Waals surface area contributed by atoms with Gasteiger partial charge < -0.3 is 15.3 Å². The molecule has 0 spiro atoms. The maximum absolute atomic E-state index is 13.4. The number of carbonyl (C=O) groups is 2. The predicted octanol–water partition coefficient (Wildman–Crippen LogP) is 4.94. The predicted molar refractivity (Wildman–Crippen MR) is 142 cm³/mol. The first-order valence-corrected chi connectivity index (χ1v) is 12.8. The van der Waals surface area contributed by atoms with Crippen LogP contribution in [0.1, 0.15) is 70.4 Å². The Morgan fingerprint density at radius 1 is 1.06 bits per heavy atom. The molecular formula is C29H39N3O3. The van der Waals surface area contributed by atoms with E-state index in [9.17, 15) is 14.7 Å². The largest absolute Gasteiger partial charge is 0.392 e. The van der Waals surface area contributed by atoms with Gasteiger partial charge in [0, 0.05) is 18.2 Å². The summed E-state index contributed by atoms with van der Waals surface area (Å²) < 4.78 is 0. The highest BCUT2D eigenvalue weighted by Crippen LogP contribution is 2.28. The molecule has 0 fully saturated rings. The van der Waals surface area contributed by atoms with Crippen LogP contribution in [0.2, 0.25) is 0 Å². The smallest absolute Gasteiger partial charge is 0.272 e. The summed E-state index contributed by atoms with van der Waals surface area (Å²) in [6, 6.07) is 17.3. The molecule has 2 aromatic carbocycles. The Labute approximate surface area is 209 Å². The van der Waals surface area contributed by atoms with E-state index in [1.807, 2.05) is 68.4 Å². The van der Waals surface area contributed by atoms with Crippen molar-refractivity contribution in [2.24, 2.45) is 16.8 Å². The number of aliphatic imine (C=N–C) groups is 1. The third-order valence-electron chi connectivity index (χ3n) is 6.55. The summed E-state index contributed by atoms with van der Waals surface area (Å²) in [6.45, 7) is 6.22. The Hall–Kier alpha value is -2.99. The number of nitrogens with zero attached hydrogens (tertiary/aromatic N) is 2. The number of hydrogen-bond donors (Lipinski definition) is 2. The van der Waals surface area contributed by atoms with Crippen molar-refractivity contribution in [3.8, 4) is 0 Å². The first-order valence-electron chi connectivity index (χ1n) is 12.8. The van der Waals surface area contributed by atoms with E-state index in [2.05, 4.69) is 12.2 Å².